The van der Waals surface area contributed by atoms with Gasteiger partial charge in [0.05, 0.1) is 6.54 Å². The van der Waals surface area contributed by atoms with E-state index in [1.54, 1.807) is 0 Å². The molecule has 7 heteroatoms. The van der Waals surface area contributed by atoms with Crippen molar-refractivity contribution < 1.29 is 0 Å². The van der Waals surface area contributed by atoms with Crippen molar-refractivity contribution in [3.05, 3.63) is 40.1 Å². The molecule has 0 aliphatic carbocycles. The van der Waals surface area contributed by atoms with Gasteiger partial charge < -0.3 is 15.2 Å². The first-order valence-corrected chi connectivity index (χ1v) is 8.97. The molecule has 2 N–H and O–H groups in total. The van der Waals surface area contributed by atoms with Crippen LogP contribution in [0.3, 0.4) is 0 Å². The maximum absolute atomic E-state index is 4.66. The van der Waals surface area contributed by atoms with Gasteiger partial charge in [0.2, 0.25) is 0 Å². The Morgan fingerprint density at radius 1 is 1.33 bits per heavy atom. The highest BCUT2D eigenvalue weighted by Crippen LogP contribution is 2.14. The Labute approximate surface area is 166 Å². The molecule has 0 atom stereocenters. The summed E-state index contributed by atoms with van der Waals surface area (Å²) in [5.74, 6) is 2.43. The summed E-state index contributed by atoms with van der Waals surface area (Å²) in [6, 6.07) is 4.31. The van der Waals surface area contributed by atoms with Crippen molar-refractivity contribution in [2.24, 2.45) is 10.9 Å². The molecule has 0 saturated heterocycles. The number of nitrogens with one attached hydrogen (secondary N) is 2. The molecule has 2 rings (SSSR count). The average Bonchev–Trinajstić information content (AvgIpc) is 3.10. The number of guanidine groups is 1. The van der Waals surface area contributed by atoms with Crippen molar-refractivity contribution in [1.29, 1.82) is 0 Å². The van der Waals surface area contributed by atoms with E-state index in [9.17, 15) is 0 Å². The lowest BCUT2D eigenvalue weighted by Gasteiger charge is -2.12. The molecule has 24 heavy (non-hydrogen) atoms. The lowest BCUT2D eigenvalue weighted by Crippen LogP contribution is -2.36. The van der Waals surface area contributed by atoms with E-state index in [1.165, 1.54) is 9.75 Å². The number of hydrogen-bond acceptors (Lipinski definition) is 3. The lowest BCUT2D eigenvalue weighted by molar-refractivity contribution is 0.507. The first-order chi connectivity index (χ1) is 11.1. The van der Waals surface area contributed by atoms with Crippen LogP contribution >= 0.6 is 35.3 Å². The van der Waals surface area contributed by atoms with Crippen LogP contribution in [0.15, 0.2) is 29.5 Å². The minimum absolute atomic E-state index is 0. The Morgan fingerprint density at radius 3 is 2.75 bits per heavy atom. The van der Waals surface area contributed by atoms with Crippen molar-refractivity contribution >= 4 is 41.3 Å². The summed E-state index contributed by atoms with van der Waals surface area (Å²) < 4.78 is 2.18. The molecule has 0 saturated carbocycles. The summed E-state index contributed by atoms with van der Waals surface area (Å²) in [4.78, 5) is 11.7. The van der Waals surface area contributed by atoms with Crippen LogP contribution in [-0.2, 0) is 19.6 Å². The number of imidazole rings is 1. The van der Waals surface area contributed by atoms with E-state index < -0.39 is 0 Å². The number of hydrogen-bond donors (Lipinski definition) is 2. The maximum atomic E-state index is 4.66. The molecule has 134 valence electrons. The zero-order valence-corrected chi connectivity index (χ0v) is 18.0. The molecular formula is C17H28IN5S. The number of nitrogens with zero attached hydrogens (tertiary/aromatic N) is 3. The smallest absolute Gasteiger partial charge is 0.191 e. The number of halogens is 1. The second-order valence-electron chi connectivity index (χ2n) is 5.95. The normalized spacial score (nSPS) is 11.5. The number of thiophene rings is 1. The molecule has 0 unspecified atom stereocenters. The van der Waals surface area contributed by atoms with Crippen LogP contribution in [0.1, 0.15) is 36.3 Å². The standard InChI is InChI=1S/C17H27N5S.HI/c1-5-18-17(20-10-15-7-6-14(4)23-15)21-11-16-19-8-9-22(16)12-13(2)3;/h6-9,13H,5,10-12H2,1-4H3,(H2,18,20,21);1H. The summed E-state index contributed by atoms with van der Waals surface area (Å²) in [5, 5.41) is 6.67. The van der Waals surface area contributed by atoms with Gasteiger partial charge in [-0.3, -0.25) is 0 Å². The van der Waals surface area contributed by atoms with Crippen LogP contribution in [0.5, 0.6) is 0 Å². The Hall–Kier alpha value is -1.09. The highest BCUT2D eigenvalue weighted by atomic mass is 127. The van der Waals surface area contributed by atoms with Crippen molar-refractivity contribution in [3.63, 3.8) is 0 Å². The largest absolute Gasteiger partial charge is 0.357 e. The molecule has 0 bridgehead atoms. The van der Waals surface area contributed by atoms with Crippen molar-refractivity contribution in [1.82, 2.24) is 20.2 Å². The second-order valence-corrected chi connectivity index (χ2v) is 7.32. The van der Waals surface area contributed by atoms with E-state index in [0.29, 0.717) is 12.5 Å². The Bertz CT molecular complexity index is 632. The molecule has 0 radical (unpaired) electrons. The molecule has 0 amide bonds. The molecule has 2 aromatic heterocycles. The third-order valence-electron chi connectivity index (χ3n) is 3.31. The van der Waals surface area contributed by atoms with Crippen LogP contribution in [0.2, 0.25) is 0 Å². The molecule has 0 fully saturated rings. The van der Waals surface area contributed by atoms with Gasteiger partial charge in [0, 0.05) is 35.2 Å². The van der Waals surface area contributed by atoms with Gasteiger partial charge in [-0.15, -0.1) is 35.3 Å². The summed E-state index contributed by atoms with van der Waals surface area (Å²) in [5.41, 5.74) is 0. The monoisotopic (exact) mass is 461 g/mol. The number of aliphatic imine (C=N–C) groups is 1. The predicted octanol–water partition coefficient (Wildman–Crippen LogP) is 3.78. The summed E-state index contributed by atoms with van der Waals surface area (Å²) in [6.45, 7) is 11.8. The van der Waals surface area contributed by atoms with Crippen LogP contribution in [0.25, 0.3) is 0 Å². The van der Waals surface area contributed by atoms with E-state index in [2.05, 4.69) is 65.0 Å². The Kier molecular flexibility index (Phi) is 9.35. The van der Waals surface area contributed by atoms with Crippen LogP contribution < -0.4 is 10.6 Å². The first kappa shape index (κ1) is 21.0. The summed E-state index contributed by atoms with van der Waals surface area (Å²) >= 11 is 1.81. The fraction of sp³-hybridized carbons (Fsp3) is 0.529. The van der Waals surface area contributed by atoms with Crippen LogP contribution in [0.4, 0.5) is 0 Å². The van der Waals surface area contributed by atoms with Gasteiger partial charge >= 0.3 is 0 Å². The second kappa shape index (κ2) is 10.7. The average molecular weight is 461 g/mol. The van der Waals surface area contributed by atoms with E-state index in [1.807, 2.05) is 23.7 Å². The molecule has 2 aromatic rings. The molecule has 0 spiro atoms. The quantitative estimate of drug-likeness (QED) is 0.375. The highest BCUT2D eigenvalue weighted by molar-refractivity contribution is 14.0. The third kappa shape index (κ3) is 6.80. The van der Waals surface area contributed by atoms with Crippen LogP contribution in [0, 0.1) is 12.8 Å². The van der Waals surface area contributed by atoms with E-state index >= 15 is 0 Å². The van der Waals surface area contributed by atoms with Gasteiger partial charge in [-0.05, 0) is 31.9 Å². The SMILES string of the molecule is CCNC(=NCc1nccn1CC(C)C)NCc1ccc(C)s1.I. The molecule has 5 nitrogen and oxygen atoms in total. The van der Waals surface area contributed by atoms with Gasteiger partial charge in [0.15, 0.2) is 5.96 Å². The molecule has 0 aliphatic rings. The third-order valence-corrected chi connectivity index (χ3v) is 4.31. The van der Waals surface area contributed by atoms with Gasteiger partial charge in [-0.25, -0.2) is 9.98 Å². The maximum Gasteiger partial charge on any atom is 0.191 e. The molecular weight excluding hydrogens is 433 g/mol. The summed E-state index contributed by atoms with van der Waals surface area (Å²) in [6.07, 6.45) is 3.88. The van der Waals surface area contributed by atoms with Crippen LogP contribution in [-0.4, -0.2) is 22.1 Å². The first-order valence-electron chi connectivity index (χ1n) is 8.16. The molecule has 0 aromatic carbocycles. The van der Waals surface area contributed by atoms with E-state index in [-0.39, 0.29) is 24.0 Å². The predicted molar refractivity (Wildman–Crippen MR) is 113 cm³/mol. The van der Waals surface area contributed by atoms with E-state index in [4.69, 9.17) is 0 Å². The van der Waals surface area contributed by atoms with Gasteiger partial charge in [0.25, 0.3) is 0 Å². The minimum Gasteiger partial charge on any atom is -0.357 e. The molecule has 0 aliphatic heterocycles. The van der Waals surface area contributed by atoms with Gasteiger partial charge in [-0.1, -0.05) is 13.8 Å². The van der Waals surface area contributed by atoms with Gasteiger partial charge in [-0.2, -0.15) is 0 Å². The highest BCUT2D eigenvalue weighted by Gasteiger charge is 2.05. The van der Waals surface area contributed by atoms with Gasteiger partial charge in [0.1, 0.15) is 12.4 Å². The molecule has 2 heterocycles. The van der Waals surface area contributed by atoms with Crippen molar-refractivity contribution in [2.75, 3.05) is 6.54 Å². The number of rotatable bonds is 7. The zero-order chi connectivity index (χ0) is 16.7. The summed E-state index contributed by atoms with van der Waals surface area (Å²) in [7, 11) is 0. The fourth-order valence-corrected chi connectivity index (χ4v) is 3.12. The Morgan fingerprint density at radius 2 is 2.12 bits per heavy atom. The lowest BCUT2D eigenvalue weighted by atomic mass is 10.2. The minimum atomic E-state index is 0. The number of aromatic nitrogens is 2. The fourth-order valence-electron chi connectivity index (χ4n) is 2.29. The Balaban J connectivity index is 0.00000288. The van der Waals surface area contributed by atoms with E-state index in [0.717, 1.165) is 31.4 Å². The topological polar surface area (TPSA) is 54.2 Å². The van der Waals surface area contributed by atoms with Crippen molar-refractivity contribution in [2.45, 2.75) is 47.3 Å². The van der Waals surface area contributed by atoms with Crippen molar-refractivity contribution in [3.8, 4) is 0 Å². The number of aryl methyl sites for hydroxylation is 1. The zero-order valence-electron chi connectivity index (χ0n) is 14.9.